The predicted molar refractivity (Wildman–Crippen MR) is 97.4 cm³/mol. The van der Waals surface area contributed by atoms with E-state index in [9.17, 15) is 9.59 Å². The molecule has 3 N–H and O–H groups in total. The maximum atomic E-state index is 13.4. The summed E-state index contributed by atoms with van der Waals surface area (Å²) in [6.45, 7) is 5.97. The van der Waals surface area contributed by atoms with Gasteiger partial charge >= 0.3 is 0 Å². The van der Waals surface area contributed by atoms with Gasteiger partial charge in [0.15, 0.2) is 0 Å². The van der Waals surface area contributed by atoms with Crippen LogP contribution in [0.4, 0.5) is 0 Å². The number of hydrogen-bond donors (Lipinski definition) is 3. The Hall–Kier alpha value is -1.92. The van der Waals surface area contributed by atoms with Crippen molar-refractivity contribution in [2.24, 2.45) is 5.41 Å². The van der Waals surface area contributed by atoms with Gasteiger partial charge in [-0.1, -0.05) is 32.9 Å². The number of ether oxygens (including phenoxy) is 1. The highest BCUT2D eigenvalue weighted by molar-refractivity contribution is 6.05. The zero-order chi connectivity index (χ0) is 18.9. The predicted octanol–water partition coefficient (Wildman–Crippen LogP) is 1.55. The summed E-state index contributed by atoms with van der Waals surface area (Å²) in [4.78, 5) is 25.5. The number of carbonyl (C=O) groups excluding carboxylic acids is 2. The van der Waals surface area contributed by atoms with Gasteiger partial charge in [0.05, 0.1) is 12.8 Å². The lowest BCUT2D eigenvalue weighted by atomic mass is 9.51. The summed E-state index contributed by atoms with van der Waals surface area (Å²) in [7, 11) is 5.27. The van der Waals surface area contributed by atoms with Gasteiger partial charge < -0.3 is 15.4 Å². The molecule has 0 saturated carbocycles. The van der Waals surface area contributed by atoms with Crippen LogP contribution < -0.4 is 20.7 Å². The fraction of sp³-hybridized carbons (Fsp3) is 0.579. The summed E-state index contributed by atoms with van der Waals surface area (Å²) in [6, 6.07) is 7.54. The molecule has 0 aromatic heterocycles. The lowest BCUT2D eigenvalue weighted by Gasteiger charge is -2.58. The topological polar surface area (TPSA) is 79.5 Å². The van der Waals surface area contributed by atoms with E-state index in [1.807, 2.05) is 59.1 Å². The molecule has 1 heterocycles. The second-order valence-electron chi connectivity index (χ2n) is 7.18. The van der Waals surface area contributed by atoms with Crippen LogP contribution in [-0.4, -0.2) is 38.7 Å². The first-order chi connectivity index (χ1) is 11.7. The molecule has 0 spiro atoms. The molecular formula is C19H29N3O3. The molecule has 1 unspecified atom stereocenters. The van der Waals surface area contributed by atoms with E-state index in [0.29, 0.717) is 12.2 Å². The van der Waals surface area contributed by atoms with Crippen LogP contribution in [0.3, 0.4) is 0 Å². The number of likely N-dealkylation sites (N-methyl/N-ethyl adjacent to an activating group) is 2. The van der Waals surface area contributed by atoms with Gasteiger partial charge in [0.25, 0.3) is 0 Å². The first-order valence-corrected chi connectivity index (χ1v) is 8.61. The molecule has 6 heteroatoms. The second kappa shape index (κ2) is 6.77. The zero-order valence-corrected chi connectivity index (χ0v) is 15.9. The molecule has 1 saturated heterocycles. The van der Waals surface area contributed by atoms with Crippen molar-refractivity contribution < 1.29 is 14.3 Å². The number of benzene rings is 1. The third-order valence-electron chi connectivity index (χ3n) is 5.74. The average Bonchev–Trinajstić information content (AvgIpc) is 2.57. The van der Waals surface area contributed by atoms with Crippen LogP contribution in [0.2, 0.25) is 0 Å². The average molecular weight is 347 g/mol. The Kier molecular flexibility index (Phi) is 5.25. The normalized spacial score (nSPS) is 23.3. The van der Waals surface area contributed by atoms with Crippen molar-refractivity contribution in [1.82, 2.24) is 16.0 Å². The van der Waals surface area contributed by atoms with E-state index in [4.69, 9.17) is 4.74 Å². The molecule has 1 aliphatic rings. The molecule has 1 aromatic carbocycles. The number of rotatable bonds is 6. The van der Waals surface area contributed by atoms with E-state index in [1.54, 1.807) is 7.11 Å². The van der Waals surface area contributed by atoms with Crippen LogP contribution in [0.15, 0.2) is 24.3 Å². The molecule has 1 aliphatic heterocycles. The molecule has 2 rings (SSSR count). The van der Waals surface area contributed by atoms with Crippen molar-refractivity contribution in [2.45, 2.75) is 44.7 Å². The summed E-state index contributed by atoms with van der Waals surface area (Å²) in [5, 5.41) is 9.25. The maximum absolute atomic E-state index is 13.4. The highest BCUT2D eigenvalue weighted by Crippen LogP contribution is 2.53. The van der Waals surface area contributed by atoms with Gasteiger partial charge in [-0.3, -0.25) is 14.9 Å². The minimum atomic E-state index is -1.01. The summed E-state index contributed by atoms with van der Waals surface area (Å²) in [5.74, 6) is 0.132. The van der Waals surface area contributed by atoms with E-state index in [1.165, 1.54) is 0 Å². The van der Waals surface area contributed by atoms with E-state index < -0.39 is 16.5 Å². The van der Waals surface area contributed by atoms with Gasteiger partial charge in [0.2, 0.25) is 11.8 Å². The Balaban J connectivity index is 2.88. The third kappa shape index (κ3) is 2.64. The Morgan fingerprint density at radius 1 is 1.24 bits per heavy atom. The summed E-state index contributed by atoms with van der Waals surface area (Å²) < 4.78 is 5.39. The van der Waals surface area contributed by atoms with Crippen molar-refractivity contribution >= 4 is 11.8 Å². The Bertz CT molecular complexity index is 659. The van der Waals surface area contributed by atoms with Crippen LogP contribution in [0.25, 0.3) is 0 Å². The fourth-order valence-electron chi connectivity index (χ4n) is 4.62. The summed E-state index contributed by atoms with van der Waals surface area (Å²) in [6.07, 6.45) is 0.892. The van der Waals surface area contributed by atoms with Gasteiger partial charge in [0.1, 0.15) is 11.2 Å². The smallest absolute Gasteiger partial charge is 0.241 e. The number of nitrogens with one attached hydrogen (secondary N) is 3. The largest absolute Gasteiger partial charge is 0.497 e. The highest BCUT2D eigenvalue weighted by atomic mass is 16.5. The number of carbonyl (C=O) groups is 2. The minimum absolute atomic E-state index is 0.245. The number of piperidine rings is 1. The molecule has 0 bridgehead atoms. The van der Waals surface area contributed by atoms with E-state index >= 15 is 0 Å². The molecule has 0 aliphatic carbocycles. The van der Waals surface area contributed by atoms with E-state index in [0.717, 1.165) is 5.56 Å². The highest BCUT2D eigenvalue weighted by Gasteiger charge is 2.66. The van der Waals surface area contributed by atoms with Gasteiger partial charge in [0, 0.05) is 6.42 Å². The Morgan fingerprint density at radius 3 is 2.36 bits per heavy atom. The molecule has 25 heavy (non-hydrogen) atoms. The molecule has 2 amide bonds. The second-order valence-corrected chi connectivity index (χ2v) is 7.18. The van der Waals surface area contributed by atoms with Crippen molar-refractivity contribution in [2.75, 3.05) is 21.2 Å². The van der Waals surface area contributed by atoms with Crippen molar-refractivity contribution in [3.05, 3.63) is 29.8 Å². The number of methoxy groups -OCH3 is 1. The SMILES string of the molecule is CCC(NC)(NC)C1(c2cccc(OC)c2)C(=O)NC(=O)CC1(C)C. The Labute approximate surface area is 149 Å². The molecule has 1 aromatic rings. The number of imide groups is 1. The lowest BCUT2D eigenvalue weighted by molar-refractivity contribution is -0.151. The van der Waals surface area contributed by atoms with Crippen molar-refractivity contribution in [3.8, 4) is 5.75 Å². The summed E-state index contributed by atoms with van der Waals surface area (Å²) in [5.41, 5.74) is -1.57. The van der Waals surface area contributed by atoms with E-state index in [-0.39, 0.29) is 18.2 Å². The van der Waals surface area contributed by atoms with Crippen LogP contribution >= 0.6 is 0 Å². The first-order valence-electron chi connectivity index (χ1n) is 8.61. The summed E-state index contributed by atoms with van der Waals surface area (Å²) >= 11 is 0. The Morgan fingerprint density at radius 2 is 1.88 bits per heavy atom. The molecular weight excluding hydrogens is 318 g/mol. The number of hydrogen-bond acceptors (Lipinski definition) is 5. The molecule has 138 valence electrons. The minimum Gasteiger partial charge on any atom is -0.497 e. The quantitative estimate of drug-likeness (QED) is 0.537. The monoisotopic (exact) mass is 347 g/mol. The van der Waals surface area contributed by atoms with Crippen LogP contribution in [0.1, 0.15) is 39.2 Å². The number of amides is 2. The van der Waals surface area contributed by atoms with Crippen LogP contribution in [0, 0.1) is 5.41 Å². The van der Waals surface area contributed by atoms with Crippen LogP contribution in [0.5, 0.6) is 5.75 Å². The van der Waals surface area contributed by atoms with Gasteiger partial charge in [-0.25, -0.2) is 0 Å². The molecule has 1 atom stereocenters. The van der Waals surface area contributed by atoms with Crippen LogP contribution in [-0.2, 0) is 15.0 Å². The fourth-order valence-corrected chi connectivity index (χ4v) is 4.62. The van der Waals surface area contributed by atoms with E-state index in [2.05, 4.69) is 16.0 Å². The lowest BCUT2D eigenvalue weighted by Crippen LogP contribution is -2.78. The van der Waals surface area contributed by atoms with Crippen molar-refractivity contribution in [1.29, 1.82) is 0 Å². The third-order valence-corrected chi connectivity index (χ3v) is 5.74. The molecule has 0 radical (unpaired) electrons. The van der Waals surface area contributed by atoms with Gasteiger partial charge in [-0.05, 0) is 43.6 Å². The van der Waals surface area contributed by atoms with Gasteiger partial charge in [-0.2, -0.15) is 0 Å². The first kappa shape index (κ1) is 19.4. The molecule has 6 nitrogen and oxygen atoms in total. The standard InChI is InChI=1S/C19H29N3O3/c1-7-18(20-4,21-5)19(13-9-8-10-14(11-13)25-6)16(24)22-15(23)12-17(19,2)3/h8-11,20-21H,7,12H2,1-6H3,(H,22,23,24). The van der Waals surface area contributed by atoms with Gasteiger partial charge in [-0.15, -0.1) is 0 Å². The zero-order valence-electron chi connectivity index (χ0n) is 15.9. The van der Waals surface area contributed by atoms with Crippen molar-refractivity contribution in [3.63, 3.8) is 0 Å². The molecule has 1 fully saturated rings. The maximum Gasteiger partial charge on any atom is 0.241 e.